The van der Waals surface area contributed by atoms with Crippen LogP contribution in [0.5, 0.6) is 0 Å². The first-order valence-corrected chi connectivity index (χ1v) is 5.28. The lowest BCUT2D eigenvalue weighted by Gasteiger charge is -2.23. The first-order chi connectivity index (χ1) is 7.29. The molecule has 2 atom stereocenters. The van der Waals surface area contributed by atoms with E-state index >= 15 is 0 Å². The monoisotopic (exact) mass is 236 g/mol. The van der Waals surface area contributed by atoms with Crippen LogP contribution in [0.4, 0.5) is 13.6 Å². The third kappa shape index (κ3) is 3.92. The van der Waals surface area contributed by atoms with Crippen LogP contribution >= 0.6 is 0 Å². The third-order valence-corrected chi connectivity index (χ3v) is 2.29. The Labute approximate surface area is 93.7 Å². The second-order valence-corrected chi connectivity index (χ2v) is 4.91. The summed E-state index contributed by atoms with van der Waals surface area (Å²) in [6, 6.07) is -0.560. The average Bonchev–Trinajstić information content (AvgIpc) is 2.47. The van der Waals surface area contributed by atoms with Gasteiger partial charge in [0.2, 0.25) is 6.43 Å². The van der Waals surface area contributed by atoms with Crippen molar-refractivity contribution in [2.45, 2.75) is 38.8 Å². The van der Waals surface area contributed by atoms with E-state index in [9.17, 15) is 13.6 Å². The van der Waals surface area contributed by atoms with Gasteiger partial charge in [-0.15, -0.1) is 0 Å². The Balaban J connectivity index is 2.44. The first-order valence-electron chi connectivity index (χ1n) is 5.28. The standard InChI is InChI=1S/C10H18F2N2O2/c1-10(2,3)16-9(15)14-7-5-13-4-6(7)8(11)12/h6-8,13H,4-5H2,1-3H3,(H,14,15)/t6-,7-/m1/s1. The smallest absolute Gasteiger partial charge is 0.407 e. The minimum atomic E-state index is -2.44. The van der Waals surface area contributed by atoms with Crippen LogP contribution in [0.2, 0.25) is 0 Å². The fourth-order valence-electron chi connectivity index (χ4n) is 1.58. The molecule has 6 heteroatoms. The van der Waals surface area contributed by atoms with Gasteiger partial charge < -0.3 is 15.4 Å². The Morgan fingerprint density at radius 3 is 2.56 bits per heavy atom. The third-order valence-electron chi connectivity index (χ3n) is 2.29. The van der Waals surface area contributed by atoms with E-state index < -0.39 is 30.1 Å². The highest BCUT2D eigenvalue weighted by Gasteiger charge is 2.35. The largest absolute Gasteiger partial charge is 0.444 e. The van der Waals surface area contributed by atoms with Crippen molar-refractivity contribution in [2.75, 3.05) is 13.1 Å². The highest BCUT2D eigenvalue weighted by atomic mass is 19.3. The number of ether oxygens (including phenoxy) is 1. The summed E-state index contributed by atoms with van der Waals surface area (Å²) in [4.78, 5) is 11.4. The van der Waals surface area contributed by atoms with Gasteiger partial charge in [0, 0.05) is 13.1 Å². The molecule has 1 saturated heterocycles. The summed E-state index contributed by atoms with van der Waals surface area (Å²) >= 11 is 0. The van der Waals surface area contributed by atoms with Gasteiger partial charge in [0.05, 0.1) is 12.0 Å². The number of carbonyl (C=O) groups excluding carboxylic acids is 1. The number of nitrogens with one attached hydrogen (secondary N) is 2. The number of hydrogen-bond acceptors (Lipinski definition) is 3. The molecule has 0 aliphatic carbocycles. The van der Waals surface area contributed by atoms with Crippen molar-refractivity contribution in [1.29, 1.82) is 0 Å². The Morgan fingerprint density at radius 2 is 2.06 bits per heavy atom. The zero-order valence-corrected chi connectivity index (χ0v) is 9.72. The molecule has 0 spiro atoms. The van der Waals surface area contributed by atoms with Crippen LogP contribution in [0.25, 0.3) is 0 Å². The van der Waals surface area contributed by atoms with Crippen LogP contribution in [-0.4, -0.2) is 37.3 Å². The first kappa shape index (κ1) is 13.2. The molecule has 1 rings (SSSR count). The van der Waals surface area contributed by atoms with Crippen molar-refractivity contribution in [3.8, 4) is 0 Å². The number of rotatable bonds is 2. The van der Waals surface area contributed by atoms with Crippen molar-refractivity contribution >= 4 is 6.09 Å². The number of halogens is 2. The van der Waals surface area contributed by atoms with E-state index in [-0.39, 0.29) is 6.54 Å². The SMILES string of the molecule is CC(C)(C)OC(=O)N[C@@H]1CNC[C@H]1C(F)F. The molecule has 0 saturated carbocycles. The van der Waals surface area contributed by atoms with Gasteiger partial charge in [-0.05, 0) is 20.8 Å². The van der Waals surface area contributed by atoms with Crippen molar-refractivity contribution in [1.82, 2.24) is 10.6 Å². The van der Waals surface area contributed by atoms with Gasteiger partial charge in [-0.1, -0.05) is 0 Å². The van der Waals surface area contributed by atoms with Gasteiger partial charge in [-0.2, -0.15) is 0 Å². The summed E-state index contributed by atoms with van der Waals surface area (Å²) in [5.41, 5.74) is -0.615. The lowest BCUT2D eigenvalue weighted by molar-refractivity contribution is 0.0410. The maximum absolute atomic E-state index is 12.5. The Kier molecular flexibility index (Phi) is 4.07. The summed E-state index contributed by atoms with van der Waals surface area (Å²) < 4.78 is 30.1. The van der Waals surface area contributed by atoms with Gasteiger partial charge in [0.15, 0.2) is 0 Å². The molecule has 0 aromatic carbocycles. The molecule has 0 aromatic rings. The molecular formula is C10H18F2N2O2. The van der Waals surface area contributed by atoms with Gasteiger partial charge >= 0.3 is 6.09 Å². The molecule has 4 nitrogen and oxygen atoms in total. The number of carbonyl (C=O) groups is 1. The Hall–Kier alpha value is -0.910. The van der Waals surface area contributed by atoms with Crippen molar-refractivity contribution in [3.05, 3.63) is 0 Å². The van der Waals surface area contributed by atoms with Crippen LogP contribution in [-0.2, 0) is 4.74 Å². The summed E-state index contributed by atoms with van der Waals surface area (Å²) in [6.07, 6.45) is -3.08. The van der Waals surface area contributed by atoms with Crippen molar-refractivity contribution < 1.29 is 18.3 Å². The topological polar surface area (TPSA) is 50.4 Å². The summed E-state index contributed by atoms with van der Waals surface area (Å²) in [6.45, 7) is 5.75. The van der Waals surface area contributed by atoms with Gasteiger partial charge in [0.25, 0.3) is 0 Å². The molecule has 1 fully saturated rings. The predicted octanol–water partition coefficient (Wildman–Crippen LogP) is 1.36. The zero-order chi connectivity index (χ0) is 12.3. The molecule has 1 amide bonds. The van der Waals surface area contributed by atoms with Crippen molar-refractivity contribution in [2.24, 2.45) is 5.92 Å². The van der Waals surface area contributed by atoms with Gasteiger partial charge in [-0.3, -0.25) is 0 Å². The van der Waals surface area contributed by atoms with Gasteiger partial charge in [0.1, 0.15) is 5.60 Å². The molecule has 94 valence electrons. The zero-order valence-electron chi connectivity index (χ0n) is 9.72. The molecule has 1 aliphatic rings. The van der Waals surface area contributed by atoms with Crippen LogP contribution in [0.3, 0.4) is 0 Å². The number of hydrogen-bond donors (Lipinski definition) is 2. The summed E-state index contributed by atoms with van der Waals surface area (Å²) in [7, 11) is 0. The normalized spacial score (nSPS) is 25.9. The lowest BCUT2D eigenvalue weighted by Crippen LogP contribution is -2.44. The van der Waals surface area contributed by atoms with E-state index in [1.807, 2.05) is 0 Å². The fraction of sp³-hybridized carbons (Fsp3) is 0.900. The van der Waals surface area contributed by atoms with E-state index in [0.29, 0.717) is 6.54 Å². The number of alkyl carbamates (subject to hydrolysis) is 1. The Bertz CT molecular complexity index is 254. The summed E-state index contributed by atoms with van der Waals surface area (Å²) in [5, 5.41) is 5.28. The maximum atomic E-state index is 12.5. The molecule has 0 radical (unpaired) electrons. The van der Waals surface area contributed by atoms with Crippen molar-refractivity contribution in [3.63, 3.8) is 0 Å². The second-order valence-electron chi connectivity index (χ2n) is 4.91. The van der Waals surface area contributed by atoms with E-state index in [2.05, 4.69) is 10.6 Å². The number of alkyl halides is 2. The average molecular weight is 236 g/mol. The Morgan fingerprint density at radius 1 is 1.44 bits per heavy atom. The molecule has 0 unspecified atom stereocenters. The quantitative estimate of drug-likeness (QED) is 0.761. The maximum Gasteiger partial charge on any atom is 0.407 e. The van der Waals surface area contributed by atoms with Crippen LogP contribution in [0, 0.1) is 5.92 Å². The second kappa shape index (κ2) is 4.95. The highest BCUT2D eigenvalue weighted by molar-refractivity contribution is 5.68. The van der Waals surface area contributed by atoms with Crippen LogP contribution in [0.15, 0.2) is 0 Å². The van der Waals surface area contributed by atoms with Gasteiger partial charge in [-0.25, -0.2) is 13.6 Å². The predicted molar refractivity (Wildman–Crippen MR) is 55.5 cm³/mol. The summed E-state index contributed by atoms with van der Waals surface area (Å²) in [5.74, 6) is -0.840. The fourth-order valence-corrected chi connectivity index (χ4v) is 1.58. The number of amides is 1. The van der Waals surface area contributed by atoms with Crippen LogP contribution in [0.1, 0.15) is 20.8 Å². The van der Waals surface area contributed by atoms with E-state index in [1.165, 1.54) is 0 Å². The minimum absolute atomic E-state index is 0.220. The van der Waals surface area contributed by atoms with E-state index in [4.69, 9.17) is 4.74 Å². The van der Waals surface area contributed by atoms with E-state index in [1.54, 1.807) is 20.8 Å². The highest BCUT2D eigenvalue weighted by Crippen LogP contribution is 2.18. The molecule has 1 heterocycles. The molecule has 2 N–H and O–H groups in total. The molecule has 0 bridgehead atoms. The molecule has 0 aromatic heterocycles. The van der Waals surface area contributed by atoms with Crippen LogP contribution < -0.4 is 10.6 Å². The lowest BCUT2D eigenvalue weighted by atomic mass is 10.1. The minimum Gasteiger partial charge on any atom is -0.444 e. The molecule has 16 heavy (non-hydrogen) atoms. The van der Waals surface area contributed by atoms with E-state index in [0.717, 1.165) is 0 Å². The molecular weight excluding hydrogens is 218 g/mol. The molecule has 1 aliphatic heterocycles.